The van der Waals surface area contributed by atoms with Crippen LogP contribution in [-0.4, -0.2) is 19.6 Å². The number of halogens is 1. The molecule has 1 amide bonds. The number of ether oxygens (including phenoxy) is 2. The third-order valence-corrected chi connectivity index (χ3v) is 3.36. The Morgan fingerprint density at radius 1 is 1.25 bits per heavy atom. The van der Waals surface area contributed by atoms with Gasteiger partial charge in [-0.05, 0) is 35.9 Å². The van der Waals surface area contributed by atoms with Crippen LogP contribution in [0.25, 0.3) is 6.08 Å². The van der Waals surface area contributed by atoms with Gasteiger partial charge in [0.1, 0.15) is 17.6 Å². The predicted octanol–water partition coefficient (Wildman–Crippen LogP) is 3.90. The van der Waals surface area contributed by atoms with Crippen molar-refractivity contribution in [2.45, 2.75) is 0 Å². The highest BCUT2D eigenvalue weighted by molar-refractivity contribution is 6.34. The van der Waals surface area contributed by atoms with E-state index in [4.69, 9.17) is 26.3 Å². The van der Waals surface area contributed by atoms with E-state index in [1.807, 2.05) is 6.07 Å². The lowest BCUT2D eigenvalue weighted by Gasteiger charge is -2.07. The van der Waals surface area contributed by atoms with E-state index in [0.717, 1.165) is 5.56 Å². The fourth-order valence-electron chi connectivity index (χ4n) is 1.86. The molecular weight excluding hydrogens is 328 g/mol. The molecule has 2 aromatic carbocycles. The van der Waals surface area contributed by atoms with Gasteiger partial charge in [0.05, 0.1) is 17.8 Å². The monoisotopic (exact) mass is 342 g/mol. The number of carbonyl (C=O) groups excluding carboxylic acids is 1. The van der Waals surface area contributed by atoms with Crippen molar-refractivity contribution in [1.82, 2.24) is 0 Å². The van der Waals surface area contributed by atoms with E-state index in [9.17, 15) is 4.79 Å². The first-order valence-electron chi connectivity index (χ1n) is 7.05. The summed E-state index contributed by atoms with van der Waals surface area (Å²) in [6.45, 7) is 0.000211. The molecule has 0 heterocycles. The summed E-state index contributed by atoms with van der Waals surface area (Å²) in [6, 6.07) is 14.0. The number of carbonyl (C=O) groups is 1. The second-order valence-corrected chi connectivity index (χ2v) is 5.09. The van der Waals surface area contributed by atoms with Crippen LogP contribution in [0.3, 0.4) is 0 Å². The lowest BCUT2D eigenvalue weighted by molar-refractivity contribution is -0.111. The van der Waals surface area contributed by atoms with Crippen molar-refractivity contribution in [3.05, 3.63) is 59.1 Å². The van der Waals surface area contributed by atoms with Crippen molar-refractivity contribution in [1.29, 1.82) is 5.26 Å². The Bertz CT molecular complexity index is 780. The lowest BCUT2D eigenvalue weighted by Crippen LogP contribution is -2.08. The van der Waals surface area contributed by atoms with Gasteiger partial charge in [-0.2, -0.15) is 5.26 Å². The Labute approximate surface area is 145 Å². The van der Waals surface area contributed by atoms with E-state index in [1.165, 1.54) is 6.08 Å². The van der Waals surface area contributed by atoms with Gasteiger partial charge in [0.25, 0.3) is 0 Å². The highest BCUT2D eigenvalue weighted by Gasteiger charge is 2.04. The average Bonchev–Trinajstić information content (AvgIpc) is 2.60. The smallest absolute Gasteiger partial charge is 0.248 e. The van der Waals surface area contributed by atoms with E-state index >= 15 is 0 Å². The number of amides is 1. The SMILES string of the molecule is COc1ccc(NC(=O)C=Cc2ccc(OCC#N)cc2)c(Cl)c1. The van der Waals surface area contributed by atoms with Crippen molar-refractivity contribution >= 4 is 29.3 Å². The number of rotatable bonds is 6. The van der Waals surface area contributed by atoms with E-state index in [-0.39, 0.29) is 12.5 Å². The van der Waals surface area contributed by atoms with Gasteiger partial charge in [-0.1, -0.05) is 23.7 Å². The Balaban J connectivity index is 1.96. The summed E-state index contributed by atoms with van der Waals surface area (Å²) in [7, 11) is 1.54. The molecule has 24 heavy (non-hydrogen) atoms. The third-order valence-electron chi connectivity index (χ3n) is 3.04. The zero-order valence-electron chi connectivity index (χ0n) is 13.0. The maximum atomic E-state index is 12.0. The Hall–Kier alpha value is -2.97. The number of nitriles is 1. The highest BCUT2D eigenvalue weighted by Crippen LogP contribution is 2.26. The Morgan fingerprint density at radius 2 is 1.96 bits per heavy atom. The van der Waals surface area contributed by atoms with Gasteiger partial charge < -0.3 is 14.8 Å². The molecule has 6 heteroatoms. The van der Waals surface area contributed by atoms with Gasteiger partial charge in [-0.3, -0.25) is 4.79 Å². The molecule has 5 nitrogen and oxygen atoms in total. The van der Waals surface area contributed by atoms with Crippen LogP contribution in [0.15, 0.2) is 48.5 Å². The van der Waals surface area contributed by atoms with Gasteiger partial charge in [-0.15, -0.1) is 0 Å². The van der Waals surface area contributed by atoms with Crippen molar-refractivity contribution in [2.75, 3.05) is 19.0 Å². The van der Waals surface area contributed by atoms with Crippen molar-refractivity contribution in [3.63, 3.8) is 0 Å². The van der Waals surface area contributed by atoms with E-state index in [0.29, 0.717) is 22.2 Å². The first-order chi connectivity index (χ1) is 11.6. The largest absolute Gasteiger partial charge is 0.497 e. The van der Waals surface area contributed by atoms with Crippen LogP contribution in [0.5, 0.6) is 11.5 Å². The summed E-state index contributed by atoms with van der Waals surface area (Å²) in [6.07, 6.45) is 3.08. The molecule has 2 rings (SSSR count). The minimum absolute atomic E-state index is 0.000211. The minimum atomic E-state index is -0.299. The zero-order chi connectivity index (χ0) is 17.4. The maximum Gasteiger partial charge on any atom is 0.248 e. The number of hydrogen-bond acceptors (Lipinski definition) is 4. The van der Waals surface area contributed by atoms with Crippen LogP contribution in [0.4, 0.5) is 5.69 Å². The molecule has 0 atom stereocenters. The zero-order valence-corrected chi connectivity index (χ0v) is 13.7. The number of nitrogens with zero attached hydrogens (tertiary/aromatic N) is 1. The second-order valence-electron chi connectivity index (χ2n) is 4.68. The second kappa shape index (κ2) is 8.61. The molecule has 0 radical (unpaired) electrons. The quantitative estimate of drug-likeness (QED) is 0.808. The van der Waals surface area contributed by atoms with Crippen LogP contribution >= 0.6 is 11.6 Å². The molecular formula is C18H15ClN2O3. The summed E-state index contributed by atoms with van der Waals surface area (Å²) >= 11 is 6.07. The predicted molar refractivity (Wildman–Crippen MR) is 93.2 cm³/mol. The Kier molecular flexibility index (Phi) is 6.23. The summed E-state index contributed by atoms with van der Waals surface area (Å²) in [5, 5.41) is 11.5. The Morgan fingerprint density at radius 3 is 2.58 bits per heavy atom. The van der Waals surface area contributed by atoms with Crippen LogP contribution < -0.4 is 14.8 Å². The number of hydrogen-bond donors (Lipinski definition) is 1. The van der Waals surface area contributed by atoms with Crippen molar-refractivity contribution in [3.8, 4) is 17.6 Å². The molecule has 1 N–H and O–H groups in total. The summed E-state index contributed by atoms with van der Waals surface area (Å²) in [4.78, 5) is 12.0. The third kappa shape index (κ3) is 5.04. The number of benzene rings is 2. The molecule has 0 saturated heterocycles. The first kappa shape index (κ1) is 17.4. The van der Waals surface area contributed by atoms with Crippen LogP contribution in [0.2, 0.25) is 5.02 Å². The topological polar surface area (TPSA) is 71.3 Å². The van der Waals surface area contributed by atoms with Crippen LogP contribution in [0, 0.1) is 11.3 Å². The van der Waals surface area contributed by atoms with Gasteiger partial charge in [0, 0.05) is 12.1 Å². The summed E-state index contributed by atoms with van der Waals surface area (Å²) in [5.41, 5.74) is 1.34. The van der Waals surface area contributed by atoms with E-state index in [1.54, 1.807) is 55.7 Å². The molecule has 0 aliphatic rings. The minimum Gasteiger partial charge on any atom is -0.497 e. The molecule has 0 aliphatic carbocycles. The normalized spacial score (nSPS) is 10.2. The highest BCUT2D eigenvalue weighted by atomic mass is 35.5. The van der Waals surface area contributed by atoms with Gasteiger partial charge in [0.15, 0.2) is 6.61 Å². The van der Waals surface area contributed by atoms with E-state index < -0.39 is 0 Å². The average molecular weight is 343 g/mol. The molecule has 0 aromatic heterocycles. The number of anilines is 1. The van der Waals surface area contributed by atoms with Crippen molar-refractivity contribution < 1.29 is 14.3 Å². The fraction of sp³-hybridized carbons (Fsp3) is 0.111. The molecule has 122 valence electrons. The number of methoxy groups -OCH3 is 1. The number of nitrogens with one attached hydrogen (secondary N) is 1. The summed E-state index contributed by atoms with van der Waals surface area (Å²) < 4.78 is 10.2. The molecule has 0 aliphatic heterocycles. The molecule has 2 aromatic rings. The molecule has 0 bridgehead atoms. The van der Waals surface area contributed by atoms with E-state index in [2.05, 4.69) is 5.32 Å². The fourth-order valence-corrected chi connectivity index (χ4v) is 2.08. The van der Waals surface area contributed by atoms with Gasteiger partial charge in [-0.25, -0.2) is 0 Å². The van der Waals surface area contributed by atoms with Crippen LogP contribution in [0.1, 0.15) is 5.56 Å². The standard InChI is InChI=1S/C18H15ClN2O3/c1-23-15-7-8-17(16(19)12-15)21-18(22)9-4-13-2-5-14(6-3-13)24-11-10-20/h2-9,12H,11H2,1H3,(H,21,22). The molecule has 0 fully saturated rings. The first-order valence-corrected chi connectivity index (χ1v) is 7.42. The molecule has 0 saturated carbocycles. The summed E-state index contributed by atoms with van der Waals surface area (Å²) in [5.74, 6) is 0.919. The van der Waals surface area contributed by atoms with Gasteiger partial charge in [0.2, 0.25) is 5.91 Å². The molecule has 0 spiro atoms. The van der Waals surface area contributed by atoms with Crippen LogP contribution in [-0.2, 0) is 4.79 Å². The van der Waals surface area contributed by atoms with Crippen molar-refractivity contribution in [2.24, 2.45) is 0 Å². The van der Waals surface area contributed by atoms with Gasteiger partial charge >= 0.3 is 0 Å². The maximum absolute atomic E-state index is 12.0. The molecule has 0 unspecified atom stereocenters. The lowest BCUT2D eigenvalue weighted by atomic mass is 10.2.